The van der Waals surface area contributed by atoms with Crippen LogP contribution in [-0.4, -0.2) is 55.1 Å². The standard InChI is InChI=1S/C18H31N3O/c1-2-9-20-10-7-15(8-11-20)12-19-18(22)21-13-16-5-3-4-6-17(16)14-21/h3-4,15-17H,2,5-14H2,1H3,(H,19,22)/t16-,17-/m1/s1. The fourth-order valence-corrected chi connectivity index (χ4v) is 4.25. The summed E-state index contributed by atoms with van der Waals surface area (Å²) in [4.78, 5) is 17.0. The summed E-state index contributed by atoms with van der Waals surface area (Å²) in [7, 11) is 0. The first-order valence-electron chi connectivity index (χ1n) is 9.16. The molecule has 4 nitrogen and oxygen atoms in total. The molecule has 0 radical (unpaired) electrons. The minimum absolute atomic E-state index is 0.172. The molecule has 2 amide bonds. The van der Waals surface area contributed by atoms with Crippen molar-refractivity contribution < 1.29 is 4.79 Å². The Morgan fingerprint density at radius 1 is 1.14 bits per heavy atom. The molecular formula is C18H31N3O. The Hall–Kier alpha value is -1.03. The smallest absolute Gasteiger partial charge is 0.317 e. The Bertz CT molecular complexity index is 385. The number of carbonyl (C=O) groups is 1. The average molecular weight is 305 g/mol. The molecule has 2 atom stereocenters. The second-order valence-electron chi connectivity index (χ2n) is 7.34. The van der Waals surface area contributed by atoms with Crippen LogP contribution in [0.1, 0.15) is 39.0 Å². The van der Waals surface area contributed by atoms with Gasteiger partial charge in [-0.25, -0.2) is 4.79 Å². The second kappa shape index (κ2) is 7.49. The summed E-state index contributed by atoms with van der Waals surface area (Å²) in [5, 5.41) is 3.20. The number of nitrogens with one attached hydrogen (secondary N) is 1. The van der Waals surface area contributed by atoms with Crippen molar-refractivity contribution in [3.8, 4) is 0 Å². The predicted molar refractivity (Wildman–Crippen MR) is 89.8 cm³/mol. The summed E-state index contributed by atoms with van der Waals surface area (Å²) in [6.07, 6.45) is 10.6. The van der Waals surface area contributed by atoms with Crippen LogP contribution in [0.5, 0.6) is 0 Å². The predicted octanol–water partition coefficient (Wildman–Crippen LogP) is 2.72. The first kappa shape index (κ1) is 15.9. The maximum Gasteiger partial charge on any atom is 0.317 e. The molecule has 0 aromatic rings. The third-order valence-corrected chi connectivity index (χ3v) is 5.70. The van der Waals surface area contributed by atoms with E-state index in [9.17, 15) is 4.79 Å². The highest BCUT2D eigenvalue weighted by molar-refractivity contribution is 5.74. The molecule has 0 saturated carbocycles. The van der Waals surface area contributed by atoms with Crippen molar-refractivity contribution in [3.63, 3.8) is 0 Å². The summed E-state index contributed by atoms with van der Waals surface area (Å²) in [6.45, 7) is 8.65. The molecule has 0 spiro atoms. The van der Waals surface area contributed by atoms with Crippen LogP contribution in [-0.2, 0) is 0 Å². The lowest BCUT2D eigenvalue weighted by molar-refractivity contribution is 0.175. The lowest BCUT2D eigenvalue weighted by Gasteiger charge is -2.32. The van der Waals surface area contributed by atoms with Gasteiger partial charge in [0.15, 0.2) is 0 Å². The van der Waals surface area contributed by atoms with Gasteiger partial charge in [-0.15, -0.1) is 0 Å². The molecule has 2 saturated heterocycles. The fourth-order valence-electron chi connectivity index (χ4n) is 4.25. The molecule has 0 bridgehead atoms. The van der Waals surface area contributed by atoms with E-state index in [0.29, 0.717) is 17.8 Å². The van der Waals surface area contributed by atoms with E-state index in [-0.39, 0.29) is 6.03 Å². The number of carbonyl (C=O) groups excluding carboxylic acids is 1. The molecule has 3 aliphatic rings. The number of nitrogens with zero attached hydrogens (tertiary/aromatic N) is 2. The van der Waals surface area contributed by atoms with Crippen LogP contribution < -0.4 is 5.32 Å². The first-order chi connectivity index (χ1) is 10.8. The van der Waals surface area contributed by atoms with Gasteiger partial charge in [-0.2, -0.15) is 0 Å². The maximum atomic E-state index is 12.4. The lowest BCUT2D eigenvalue weighted by atomic mass is 9.86. The van der Waals surface area contributed by atoms with Gasteiger partial charge in [0, 0.05) is 19.6 Å². The van der Waals surface area contributed by atoms with Crippen molar-refractivity contribution in [3.05, 3.63) is 12.2 Å². The Labute approximate surface area is 134 Å². The van der Waals surface area contributed by atoms with Crippen molar-refractivity contribution in [1.82, 2.24) is 15.1 Å². The summed E-state index contributed by atoms with van der Waals surface area (Å²) in [5.74, 6) is 2.07. The third-order valence-electron chi connectivity index (χ3n) is 5.70. The normalized spacial score (nSPS) is 29.6. The minimum Gasteiger partial charge on any atom is -0.338 e. The number of piperidine rings is 1. The number of hydrogen-bond acceptors (Lipinski definition) is 2. The van der Waals surface area contributed by atoms with Crippen LogP contribution in [0.2, 0.25) is 0 Å². The molecule has 2 heterocycles. The van der Waals surface area contributed by atoms with Crippen molar-refractivity contribution in [2.24, 2.45) is 17.8 Å². The largest absolute Gasteiger partial charge is 0.338 e. The summed E-state index contributed by atoms with van der Waals surface area (Å²) in [5.41, 5.74) is 0. The van der Waals surface area contributed by atoms with Crippen LogP contribution in [0.4, 0.5) is 4.79 Å². The molecule has 22 heavy (non-hydrogen) atoms. The van der Waals surface area contributed by atoms with Gasteiger partial charge >= 0.3 is 6.03 Å². The van der Waals surface area contributed by atoms with Gasteiger partial charge in [-0.3, -0.25) is 0 Å². The highest BCUT2D eigenvalue weighted by atomic mass is 16.2. The molecule has 2 aliphatic heterocycles. The number of amides is 2. The van der Waals surface area contributed by atoms with Crippen LogP contribution in [0.3, 0.4) is 0 Å². The zero-order valence-electron chi connectivity index (χ0n) is 14.0. The molecular weight excluding hydrogens is 274 g/mol. The Morgan fingerprint density at radius 2 is 1.77 bits per heavy atom. The number of likely N-dealkylation sites (tertiary alicyclic amines) is 2. The first-order valence-corrected chi connectivity index (χ1v) is 9.16. The molecule has 0 unspecified atom stereocenters. The maximum absolute atomic E-state index is 12.4. The SMILES string of the molecule is CCCN1CCC(CNC(=O)N2C[C@H]3CC=CC[C@@H]3C2)CC1. The molecule has 2 fully saturated rings. The fraction of sp³-hybridized carbons (Fsp3) is 0.833. The Morgan fingerprint density at radius 3 is 2.36 bits per heavy atom. The topological polar surface area (TPSA) is 35.6 Å². The molecule has 3 rings (SSSR count). The molecule has 0 aromatic heterocycles. The van der Waals surface area contributed by atoms with Gasteiger partial charge < -0.3 is 15.1 Å². The number of fused-ring (bicyclic) bond motifs is 1. The number of allylic oxidation sites excluding steroid dienone is 2. The van der Waals surface area contributed by atoms with Crippen molar-refractivity contribution >= 4 is 6.03 Å². The zero-order valence-corrected chi connectivity index (χ0v) is 14.0. The second-order valence-corrected chi connectivity index (χ2v) is 7.34. The molecule has 1 N–H and O–H groups in total. The summed E-state index contributed by atoms with van der Waals surface area (Å²) in [6, 6.07) is 0.172. The Kier molecular flexibility index (Phi) is 5.40. The monoisotopic (exact) mass is 305 g/mol. The van der Waals surface area contributed by atoms with Crippen molar-refractivity contribution in [2.75, 3.05) is 39.3 Å². The van der Waals surface area contributed by atoms with E-state index >= 15 is 0 Å². The molecule has 0 aromatic carbocycles. The third kappa shape index (κ3) is 3.83. The van der Waals surface area contributed by atoms with E-state index < -0.39 is 0 Å². The lowest BCUT2D eigenvalue weighted by Crippen LogP contribution is -2.43. The zero-order chi connectivity index (χ0) is 15.4. The van der Waals surface area contributed by atoms with Gasteiger partial charge in [0.05, 0.1) is 0 Å². The quantitative estimate of drug-likeness (QED) is 0.811. The van der Waals surface area contributed by atoms with Gasteiger partial charge in [-0.05, 0) is 69.5 Å². The van der Waals surface area contributed by atoms with Crippen LogP contribution in [0.15, 0.2) is 12.2 Å². The van der Waals surface area contributed by atoms with Crippen LogP contribution in [0, 0.1) is 17.8 Å². The van der Waals surface area contributed by atoms with Crippen LogP contribution >= 0.6 is 0 Å². The number of hydrogen-bond donors (Lipinski definition) is 1. The van der Waals surface area contributed by atoms with Gasteiger partial charge in [0.1, 0.15) is 0 Å². The average Bonchev–Trinajstić information content (AvgIpc) is 2.98. The highest BCUT2D eigenvalue weighted by Crippen LogP contribution is 2.32. The highest BCUT2D eigenvalue weighted by Gasteiger charge is 2.35. The van der Waals surface area contributed by atoms with E-state index in [4.69, 9.17) is 0 Å². The number of rotatable bonds is 4. The summed E-state index contributed by atoms with van der Waals surface area (Å²) < 4.78 is 0. The molecule has 124 valence electrons. The van der Waals surface area contributed by atoms with E-state index in [1.807, 2.05) is 0 Å². The number of urea groups is 1. The van der Waals surface area contributed by atoms with Crippen molar-refractivity contribution in [1.29, 1.82) is 0 Å². The van der Waals surface area contributed by atoms with Gasteiger partial charge in [0.2, 0.25) is 0 Å². The van der Waals surface area contributed by atoms with Crippen LogP contribution in [0.25, 0.3) is 0 Å². The minimum atomic E-state index is 0.172. The molecule has 1 aliphatic carbocycles. The van der Waals surface area contributed by atoms with E-state index in [2.05, 4.69) is 34.2 Å². The van der Waals surface area contributed by atoms with E-state index in [1.54, 1.807) is 0 Å². The van der Waals surface area contributed by atoms with Crippen molar-refractivity contribution in [2.45, 2.75) is 39.0 Å². The van der Waals surface area contributed by atoms with Gasteiger partial charge in [0.25, 0.3) is 0 Å². The molecule has 4 heteroatoms. The summed E-state index contributed by atoms with van der Waals surface area (Å²) >= 11 is 0. The van der Waals surface area contributed by atoms with E-state index in [1.165, 1.54) is 38.9 Å². The van der Waals surface area contributed by atoms with Gasteiger partial charge in [-0.1, -0.05) is 19.1 Å². The van der Waals surface area contributed by atoms with E-state index in [0.717, 1.165) is 32.5 Å². The Balaban J connectivity index is 1.37.